The molecule has 4 rings (SSSR count). The molecule has 0 bridgehead atoms. The van der Waals surface area contributed by atoms with Crippen LogP contribution in [0.4, 0.5) is 5.69 Å². The number of hydrogen-bond donors (Lipinski definition) is 1. The van der Waals surface area contributed by atoms with Crippen molar-refractivity contribution >= 4 is 23.2 Å². The third-order valence-electron chi connectivity index (χ3n) is 5.07. The standard InChI is InChI=1S/C21H23ClN2O4/c22-16-12-15(13-19-21(16)28-11-3-10-27-19)14-20(26)24-8-6-23(7-9-24)17-4-1-2-5-18(17)25/h1-2,4-5,12-13,25H,3,6-11,14H2. The van der Waals surface area contributed by atoms with Gasteiger partial charge in [-0.05, 0) is 29.8 Å². The van der Waals surface area contributed by atoms with Crippen LogP contribution < -0.4 is 14.4 Å². The number of carbonyl (C=O) groups is 1. The molecule has 0 unspecified atom stereocenters. The van der Waals surface area contributed by atoms with E-state index in [4.69, 9.17) is 21.1 Å². The smallest absolute Gasteiger partial charge is 0.227 e. The summed E-state index contributed by atoms with van der Waals surface area (Å²) in [6, 6.07) is 10.9. The van der Waals surface area contributed by atoms with E-state index in [1.165, 1.54) is 0 Å². The van der Waals surface area contributed by atoms with Crippen LogP contribution in [0.25, 0.3) is 0 Å². The van der Waals surface area contributed by atoms with E-state index >= 15 is 0 Å². The molecule has 2 aromatic rings. The highest BCUT2D eigenvalue weighted by molar-refractivity contribution is 6.32. The Labute approximate surface area is 169 Å². The van der Waals surface area contributed by atoms with Crippen molar-refractivity contribution in [3.05, 3.63) is 47.0 Å². The maximum atomic E-state index is 12.8. The van der Waals surface area contributed by atoms with Gasteiger partial charge < -0.3 is 24.4 Å². The minimum absolute atomic E-state index is 0.0579. The monoisotopic (exact) mass is 402 g/mol. The minimum Gasteiger partial charge on any atom is -0.506 e. The summed E-state index contributed by atoms with van der Waals surface area (Å²) in [6.07, 6.45) is 1.08. The molecule has 2 aliphatic heterocycles. The second-order valence-electron chi connectivity index (χ2n) is 6.99. The predicted octanol–water partition coefficient (Wildman–Crippen LogP) is 3.10. The third-order valence-corrected chi connectivity index (χ3v) is 5.35. The van der Waals surface area contributed by atoms with Crippen LogP contribution in [0.1, 0.15) is 12.0 Å². The number of fused-ring (bicyclic) bond motifs is 1. The molecule has 1 amide bonds. The van der Waals surface area contributed by atoms with E-state index in [0.717, 1.165) is 17.7 Å². The van der Waals surface area contributed by atoms with Crippen LogP contribution in [-0.2, 0) is 11.2 Å². The molecule has 1 saturated heterocycles. The van der Waals surface area contributed by atoms with Gasteiger partial charge in [-0.25, -0.2) is 0 Å². The Morgan fingerprint density at radius 1 is 1.07 bits per heavy atom. The van der Waals surface area contributed by atoms with Crippen molar-refractivity contribution in [3.8, 4) is 17.2 Å². The van der Waals surface area contributed by atoms with Gasteiger partial charge in [-0.15, -0.1) is 0 Å². The van der Waals surface area contributed by atoms with Gasteiger partial charge >= 0.3 is 0 Å². The summed E-state index contributed by atoms with van der Waals surface area (Å²) in [5, 5.41) is 10.5. The largest absolute Gasteiger partial charge is 0.506 e. The molecule has 1 N–H and O–H groups in total. The third kappa shape index (κ3) is 3.97. The molecule has 28 heavy (non-hydrogen) atoms. The minimum atomic E-state index is 0.0579. The summed E-state index contributed by atoms with van der Waals surface area (Å²) in [7, 11) is 0. The van der Waals surface area contributed by atoms with Crippen LogP contribution in [-0.4, -0.2) is 55.3 Å². The molecule has 0 aliphatic carbocycles. The number of amides is 1. The Hall–Kier alpha value is -2.60. The number of benzene rings is 2. The fourth-order valence-corrected chi connectivity index (χ4v) is 3.89. The van der Waals surface area contributed by atoms with Gasteiger partial charge in [0.25, 0.3) is 0 Å². The van der Waals surface area contributed by atoms with Gasteiger partial charge in [0.05, 0.1) is 30.3 Å². The van der Waals surface area contributed by atoms with Gasteiger partial charge in [-0.2, -0.15) is 0 Å². The number of para-hydroxylation sites is 2. The first-order valence-electron chi connectivity index (χ1n) is 9.50. The lowest BCUT2D eigenvalue weighted by molar-refractivity contribution is -0.130. The highest BCUT2D eigenvalue weighted by atomic mass is 35.5. The number of aromatic hydroxyl groups is 1. The zero-order valence-electron chi connectivity index (χ0n) is 15.6. The molecule has 0 aromatic heterocycles. The SMILES string of the molecule is O=C(Cc1cc(Cl)c2c(c1)OCCCO2)N1CCN(c2ccccc2O)CC1. The molecule has 0 radical (unpaired) electrons. The van der Waals surface area contributed by atoms with E-state index in [0.29, 0.717) is 55.9 Å². The molecule has 148 valence electrons. The summed E-state index contributed by atoms with van der Waals surface area (Å²) in [5.74, 6) is 1.50. The van der Waals surface area contributed by atoms with E-state index in [9.17, 15) is 9.90 Å². The van der Waals surface area contributed by atoms with Crippen LogP contribution in [0.3, 0.4) is 0 Å². The molecular weight excluding hydrogens is 380 g/mol. The van der Waals surface area contributed by atoms with Crippen LogP contribution in [0.5, 0.6) is 17.2 Å². The number of nitrogens with zero attached hydrogens (tertiary/aromatic N) is 2. The molecule has 0 spiro atoms. The Bertz CT molecular complexity index is 865. The predicted molar refractivity (Wildman–Crippen MR) is 108 cm³/mol. The first kappa shape index (κ1) is 18.7. The number of carbonyl (C=O) groups excluding carboxylic acids is 1. The Kier molecular flexibility index (Phi) is 5.48. The van der Waals surface area contributed by atoms with Gasteiger partial charge in [0.2, 0.25) is 5.91 Å². The van der Waals surface area contributed by atoms with E-state index < -0.39 is 0 Å². The molecule has 7 heteroatoms. The number of rotatable bonds is 3. The number of ether oxygens (including phenoxy) is 2. The molecule has 2 aromatic carbocycles. The van der Waals surface area contributed by atoms with Crippen molar-refractivity contribution in [1.82, 2.24) is 4.90 Å². The zero-order chi connectivity index (χ0) is 19.5. The molecule has 0 atom stereocenters. The summed E-state index contributed by atoms with van der Waals surface area (Å²) in [5.41, 5.74) is 1.63. The lowest BCUT2D eigenvalue weighted by atomic mass is 10.1. The Morgan fingerprint density at radius 3 is 2.61 bits per heavy atom. The van der Waals surface area contributed by atoms with E-state index in [1.54, 1.807) is 18.2 Å². The first-order valence-corrected chi connectivity index (χ1v) is 9.88. The van der Waals surface area contributed by atoms with Crippen molar-refractivity contribution in [1.29, 1.82) is 0 Å². The topological polar surface area (TPSA) is 62.2 Å². The molecule has 1 fully saturated rings. The summed E-state index contributed by atoms with van der Waals surface area (Å²) >= 11 is 6.33. The van der Waals surface area contributed by atoms with Crippen molar-refractivity contribution in [3.63, 3.8) is 0 Å². The molecular formula is C21H23ClN2O4. The maximum Gasteiger partial charge on any atom is 0.227 e. The van der Waals surface area contributed by atoms with Crippen LogP contribution >= 0.6 is 11.6 Å². The van der Waals surface area contributed by atoms with Gasteiger partial charge in [0.15, 0.2) is 11.5 Å². The summed E-state index contributed by atoms with van der Waals surface area (Å²) in [6.45, 7) is 3.76. The zero-order valence-corrected chi connectivity index (χ0v) is 16.3. The van der Waals surface area contributed by atoms with Gasteiger partial charge in [0.1, 0.15) is 5.75 Å². The average molecular weight is 403 g/mol. The van der Waals surface area contributed by atoms with E-state index in [1.807, 2.05) is 23.1 Å². The molecule has 6 nitrogen and oxygen atoms in total. The van der Waals surface area contributed by atoms with E-state index in [-0.39, 0.29) is 18.1 Å². The van der Waals surface area contributed by atoms with Crippen LogP contribution in [0.2, 0.25) is 5.02 Å². The first-order chi connectivity index (χ1) is 13.6. The fourth-order valence-electron chi connectivity index (χ4n) is 3.60. The van der Waals surface area contributed by atoms with Crippen LogP contribution in [0.15, 0.2) is 36.4 Å². The van der Waals surface area contributed by atoms with Gasteiger partial charge in [0, 0.05) is 32.6 Å². The second-order valence-corrected chi connectivity index (χ2v) is 7.40. The number of hydrogen-bond acceptors (Lipinski definition) is 5. The molecule has 0 saturated carbocycles. The van der Waals surface area contributed by atoms with E-state index in [2.05, 4.69) is 4.90 Å². The van der Waals surface area contributed by atoms with Crippen molar-refractivity contribution in [2.75, 3.05) is 44.3 Å². The van der Waals surface area contributed by atoms with Crippen molar-refractivity contribution in [2.24, 2.45) is 0 Å². The van der Waals surface area contributed by atoms with Crippen LogP contribution in [0, 0.1) is 0 Å². The quantitative estimate of drug-likeness (QED) is 0.854. The highest BCUT2D eigenvalue weighted by Crippen LogP contribution is 2.38. The van der Waals surface area contributed by atoms with Gasteiger partial charge in [-0.1, -0.05) is 23.7 Å². The number of phenolic OH excluding ortho intramolecular Hbond substituents is 1. The maximum absolute atomic E-state index is 12.8. The Balaban J connectivity index is 1.39. The summed E-state index contributed by atoms with van der Waals surface area (Å²) in [4.78, 5) is 16.7. The van der Waals surface area contributed by atoms with Crippen molar-refractivity contribution in [2.45, 2.75) is 12.8 Å². The molecule has 2 aliphatic rings. The fraction of sp³-hybridized carbons (Fsp3) is 0.381. The van der Waals surface area contributed by atoms with Crippen molar-refractivity contribution < 1.29 is 19.4 Å². The lowest BCUT2D eigenvalue weighted by Gasteiger charge is -2.36. The number of halogens is 1. The molecule has 2 heterocycles. The average Bonchev–Trinajstić information content (AvgIpc) is 2.94. The Morgan fingerprint density at radius 2 is 1.82 bits per heavy atom. The highest BCUT2D eigenvalue weighted by Gasteiger charge is 2.24. The number of phenols is 1. The number of anilines is 1. The number of piperazine rings is 1. The van der Waals surface area contributed by atoms with Gasteiger partial charge in [-0.3, -0.25) is 4.79 Å². The lowest BCUT2D eigenvalue weighted by Crippen LogP contribution is -2.49. The normalized spacial score (nSPS) is 16.6. The second kappa shape index (κ2) is 8.19. The summed E-state index contributed by atoms with van der Waals surface area (Å²) < 4.78 is 11.3.